The second-order valence-corrected chi connectivity index (χ2v) is 8.39. The molecule has 0 spiro atoms. The molecule has 1 N–H and O–H groups in total. The number of phenols is 1. The summed E-state index contributed by atoms with van der Waals surface area (Å²) in [7, 11) is 0. The number of ether oxygens (including phenoxy) is 3. The van der Waals surface area contributed by atoms with Crippen LogP contribution in [0, 0.1) is 0 Å². The van der Waals surface area contributed by atoms with Gasteiger partial charge in [0.05, 0.1) is 30.6 Å². The van der Waals surface area contributed by atoms with Gasteiger partial charge in [-0.2, -0.15) is 10.2 Å². The topological polar surface area (TPSA) is 83.6 Å². The molecule has 2 atom stereocenters. The van der Waals surface area contributed by atoms with Crippen LogP contribution in [0.25, 0.3) is 23.1 Å². The Balaban J connectivity index is 1.28. The lowest BCUT2D eigenvalue weighted by Gasteiger charge is -2.23. The van der Waals surface area contributed by atoms with Crippen molar-refractivity contribution in [1.29, 1.82) is 0 Å². The van der Waals surface area contributed by atoms with Crippen LogP contribution in [0.2, 0.25) is 0 Å². The Labute approximate surface area is 187 Å². The van der Waals surface area contributed by atoms with Gasteiger partial charge in [0.15, 0.2) is 12.5 Å². The predicted octanol–water partition coefficient (Wildman–Crippen LogP) is 4.35. The molecule has 170 valence electrons. The number of aromatic hydroxyl groups is 1. The molecule has 0 unspecified atom stereocenters. The van der Waals surface area contributed by atoms with E-state index in [1.807, 2.05) is 40.0 Å². The molecule has 4 heterocycles. The van der Waals surface area contributed by atoms with Gasteiger partial charge in [-0.05, 0) is 68.9 Å². The largest absolute Gasteiger partial charge is 0.508 e. The van der Waals surface area contributed by atoms with Gasteiger partial charge in [-0.15, -0.1) is 0 Å². The summed E-state index contributed by atoms with van der Waals surface area (Å²) >= 11 is 0. The molecule has 0 aliphatic carbocycles. The number of rotatable bonds is 7. The van der Waals surface area contributed by atoms with Crippen molar-refractivity contribution in [3.05, 3.63) is 41.9 Å². The zero-order valence-corrected chi connectivity index (χ0v) is 18.2. The van der Waals surface area contributed by atoms with Crippen molar-refractivity contribution in [2.75, 3.05) is 19.8 Å². The Kier molecular flexibility index (Phi) is 6.52. The van der Waals surface area contributed by atoms with E-state index in [2.05, 4.69) is 5.10 Å². The zero-order chi connectivity index (χ0) is 21.8. The van der Waals surface area contributed by atoms with Gasteiger partial charge in [0.25, 0.3) is 0 Å². The predicted molar refractivity (Wildman–Crippen MR) is 121 cm³/mol. The molecule has 5 rings (SSSR count). The highest BCUT2D eigenvalue weighted by Gasteiger charge is 2.20. The summed E-state index contributed by atoms with van der Waals surface area (Å²) in [4.78, 5) is 0. The minimum absolute atomic E-state index is 0.0613. The van der Waals surface area contributed by atoms with Gasteiger partial charge in [0, 0.05) is 30.4 Å². The normalized spacial score (nSPS) is 22.1. The molecule has 0 amide bonds. The Morgan fingerprint density at radius 3 is 2.78 bits per heavy atom. The first kappa shape index (κ1) is 21.2. The van der Waals surface area contributed by atoms with Gasteiger partial charge in [0.2, 0.25) is 0 Å². The number of aromatic nitrogens is 4. The molecule has 3 aromatic rings. The van der Waals surface area contributed by atoms with Crippen LogP contribution in [0.5, 0.6) is 5.75 Å². The molecule has 2 saturated heterocycles. The number of phenolic OH excluding ortho intramolecular Hbond substituents is 1. The van der Waals surface area contributed by atoms with Crippen molar-refractivity contribution >= 4 is 23.1 Å². The van der Waals surface area contributed by atoms with E-state index in [0.717, 1.165) is 73.9 Å². The molecule has 0 saturated carbocycles. The van der Waals surface area contributed by atoms with Crippen molar-refractivity contribution in [2.45, 2.75) is 57.6 Å². The minimum Gasteiger partial charge on any atom is -0.508 e. The standard InChI is InChI=1S/C24H30N4O4/c29-19-8-10-22-20(15-19)21(26-28(22)23-5-1-3-12-30-23)9-7-18-16-25-27(17-18)11-14-32-24-6-2-4-13-31-24/h7-10,15-17,23-24,29H,1-6,11-14H2/b9-7+/t23-,24-/m1/s1. The Hall–Kier alpha value is -2.68. The van der Waals surface area contributed by atoms with E-state index < -0.39 is 0 Å². The van der Waals surface area contributed by atoms with Gasteiger partial charge in [-0.25, -0.2) is 4.68 Å². The molecule has 8 nitrogen and oxygen atoms in total. The van der Waals surface area contributed by atoms with Crippen LogP contribution >= 0.6 is 0 Å². The summed E-state index contributed by atoms with van der Waals surface area (Å²) in [6.07, 6.45) is 14.1. The molecular weight excluding hydrogens is 408 g/mol. The summed E-state index contributed by atoms with van der Waals surface area (Å²) in [6, 6.07) is 5.36. The van der Waals surface area contributed by atoms with E-state index in [1.165, 1.54) is 0 Å². The van der Waals surface area contributed by atoms with E-state index in [-0.39, 0.29) is 18.3 Å². The van der Waals surface area contributed by atoms with E-state index in [1.54, 1.807) is 12.1 Å². The third-order valence-corrected chi connectivity index (χ3v) is 6.00. The van der Waals surface area contributed by atoms with Crippen molar-refractivity contribution in [2.24, 2.45) is 0 Å². The Morgan fingerprint density at radius 2 is 1.97 bits per heavy atom. The van der Waals surface area contributed by atoms with Crippen LogP contribution in [0.3, 0.4) is 0 Å². The lowest BCUT2D eigenvalue weighted by atomic mass is 10.1. The molecule has 1 aromatic carbocycles. The third kappa shape index (κ3) is 4.87. The van der Waals surface area contributed by atoms with Crippen molar-refractivity contribution in [1.82, 2.24) is 19.6 Å². The molecule has 8 heteroatoms. The molecular formula is C24H30N4O4. The van der Waals surface area contributed by atoms with E-state index >= 15 is 0 Å². The lowest BCUT2D eigenvalue weighted by molar-refractivity contribution is -0.163. The van der Waals surface area contributed by atoms with Gasteiger partial charge < -0.3 is 19.3 Å². The van der Waals surface area contributed by atoms with Crippen molar-refractivity contribution in [3.8, 4) is 5.75 Å². The first-order valence-electron chi connectivity index (χ1n) is 11.5. The molecule has 2 fully saturated rings. The summed E-state index contributed by atoms with van der Waals surface area (Å²) in [5.41, 5.74) is 2.75. The van der Waals surface area contributed by atoms with Crippen LogP contribution in [-0.4, -0.2) is 50.8 Å². The number of hydrogen-bond donors (Lipinski definition) is 1. The highest BCUT2D eigenvalue weighted by atomic mass is 16.7. The molecule has 0 bridgehead atoms. The second-order valence-electron chi connectivity index (χ2n) is 8.39. The summed E-state index contributed by atoms with van der Waals surface area (Å²) < 4.78 is 21.2. The second kappa shape index (κ2) is 9.85. The Morgan fingerprint density at radius 1 is 1.09 bits per heavy atom. The maximum absolute atomic E-state index is 10.0. The maximum Gasteiger partial charge on any atom is 0.157 e. The fourth-order valence-electron chi connectivity index (χ4n) is 4.30. The van der Waals surface area contributed by atoms with Gasteiger partial charge >= 0.3 is 0 Å². The van der Waals surface area contributed by atoms with E-state index in [4.69, 9.17) is 19.3 Å². The fourth-order valence-corrected chi connectivity index (χ4v) is 4.30. The third-order valence-electron chi connectivity index (χ3n) is 6.00. The smallest absolute Gasteiger partial charge is 0.157 e. The SMILES string of the molecule is Oc1ccc2c(c1)c(/C=C/c1cnn(CCO[C@@H]3CCCCO3)c1)nn2[C@H]1CCCCO1. The monoisotopic (exact) mass is 438 g/mol. The first-order chi connectivity index (χ1) is 15.8. The summed E-state index contributed by atoms with van der Waals surface area (Å²) in [5.74, 6) is 0.228. The van der Waals surface area contributed by atoms with Crippen LogP contribution in [-0.2, 0) is 20.8 Å². The molecule has 2 aliphatic heterocycles. The minimum atomic E-state index is -0.0772. The van der Waals surface area contributed by atoms with Crippen LogP contribution in [0.4, 0.5) is 0 Å². The number of fused-ring (bicyclic) bond motifs is 1. The molecule has 2 aliphatic rings. The van der Waals surface area contributed by atoms with Crippen LogP contribution < -0.4 is 0 Å². The lowest BCUT2D eigenvalue weighted by Crippen LogP contribution is -2.24. The average molecular weight is 439 g/mol. The van der Waals surface area contributed by atoms with Crippen LogP contribution in [0.1, 0.15) is 56.0 Å². The summed E-state index contributed by atoms with van der Waals surface area (Å²) in [6.45, 7) is 2.80. The van der Waals surface area contributed by atoms with Crippen molar-refractivity contribution in [3.63, 3.8) is 0 Å². The van der Waals surface area contributed by atoms with E-state index in [9.17, 15) is 5.11 Å². The molecule has 2 aromatic heterocycles. The molecule has 0 radical (unpaired) electrons. The molecule has 32 heavy (non-hydrogen) atoms. The number of hydrogen-bond acceptors (Lipinski definition) is 6. The zero-order valence-electron chi connectivity index (χ0n) is 18.2. The number of nitrogens with zero attached hydrogens (tertiary/aromatic N) is 4. The highest BCUT2D eigenvalue weighted by molar-refractivity contribution is 5.90. The first-order valence-corrected chi connectivity index (χ1v) is 11.5. The van der Waals surface area contributed by atoms with E-state index in [0.29, 0.717) is 13.2 Å². The highest BCUT2D eigenvalue weighted by Crippen LogP contribution is 2.30. The average Bonchev–Trinajstić information content (AvgIpc) is 3.43. The van der Waals surface area contributed by atoms with Gasteiger partial charge in [0.1, 0.15) is 5.75 Å². The van der Waals surface area contributed by atoms with Crippen LogP contribution in [0.15, 0.2) is 30.6 Å². The van der Waals surface area contributed by atoms with Gasteiger partial charge in [-0.3, -0.25) is 4.68 Å². The van der Waals surface area contributed by atoms with Crippen molar-refractivity contribution < 1.29 is 19.3 Å². The Bertz CT molecular complexity index is 1060. The summed E-state index contributed by atoms with van der Waals surface area (Å²) in [5, 5.41) is 20.2. The fraction of sp³-hybridized carbons (Fsp3) is 0.500. The number of benzene rings is 1. The quantitative estimate of drug-likeness (QED) is 0.590. The van der Waals surface area contributed by atoms with Gasteiger partial charge in [-0.1, -0.05) is 0 Å². The maximum atomic E-state index is 10.0.